The normalized spacial score (nSPS) is 12.4. The standard InChI is InChI=1S/C13H10BrN3OS/c1-2-11-15-13-17(16-11)12(18)10(19-13)7-8-4-3-5-9(14)6-8/h3-7H,2H2,1H3/b10-7-. The van der Waals surface area contributed by atoms with Gasteiger partial charge in [-0.05, 0) is 23.8 Å². The Kier molecular flexibility index (Phi) is 3.20. The van der Waals surface area contributed by atoms with Gasteiger partial charge in [0.05, 0.1) is 4.53 Å². The molecular formula is C13H10BrN3OS. The summed E-state index contributed by atoms with van der Waals surface area (Å²) >= 11 is 4.78. The number of benzene rings is 1. The minimum Gasteiger partial charge on any atom is -0.266 e. The monoisotopic (exact) mass is 335 g/mol. The molecule has 0 saturated carbocycles. The largest absolute Gasteiger partial charge is 0.291 e. The average Bonchev–Trinajstić information content (AvgIpc) is 2.91. The maximum absolute atomic E-state index is 12.2. The molecule has 0 atom stereocenters. The maximum atomic E-state index is 12.2. The van der Waals surface area contributed by atoms with Crippen molar-refractivity contribution in [2.45, 2.75) is 13.3 Å². The van der Waals surface area contributed by atoms with Crippen LogP contribution in [0.5, 0.6) is 0 Å². The Bertz CT molecular complexity index is 853. The summed E-state index contributed by atoms with van der Waals surface area (Å²) in [5.41, 5.74) is 0.874. The number of hydrogen-bond acceptors (Lipinski definition) is 4. The molecule has 0 aliphatic carbocycles. The van der Waals surface area contributed by atoms with Crippen LogP contribution in [0, 0.1) is 0 Å². The van der Waals surface area contributed by atoms with E-state index in [4.69, 9.17) is 0 Å². The highest BCUT2D eigenvalue weighted by Gasteiger charge is 2.08. The Hall–Kier alpha value is -1.53. The first-order chi connectivity index (χ1) is 9.17. The highest BCUT2D eigenvalue weighted by Crippen LogP contribution is 2.12. The van der Waals surface area contributed by atoms with Crippen LogP contribution >= 0.6 is 27.3 Å². The molecule has 0 spiro atoms. The van der Waals surface area contributed by atoms with E-state index >= 15 is 0 Å². The molecule has 0 unspecified atom stereocenters. The zero-order valence-electron chi connectivity index (χ0n) is 10.1. The first-order valence-electron chi connectivity index (χ1n) is 5.83. The molecule has 19 heavy (non-hydrogen) atoms. The number of aromatic nitrogens is 3. The van der Waals surface area contributed by atoms with E-state index in [1.165, 1.54) is 15.9 Å². The number of halogens is 1. The molecule has 0 amide bonds. The minimum atomic E-state index is -0.104. The van der Waals surface area contributed by atoms with Crippen LogP contribution < -0.4 is 10.1 Å². The van der Waals surface area contributed by atoms with Crippen molar-refractivity contribution in [1.29, 1.82) is 0 Å². The van der Waals surface area contributed by atoms with Gasteiger partial charge in [-0.1, -0.05) is 46.3 Å². The third-order valence-corrected chi connectivity index (χ3v) is 4.14. The third kappa shape index (κ3) is 2.33. The Morgan fingerprint density at radius 1 is 1.47 bits per heavy atom. The molecule has 3 rings (SSSR count). The second kappa shape index (κ2) is 4.86. The van der Waals surface area contributed by atoms with Crippen LogP contribution in [0.4, 0.5) is 0 Å². The SMILES string of the molecule is CCc1nc2s/c(=C\c3cccc(Br)c3)c(=O)n2n1. The number of aryl methyl sites for hydroxylation is 1. The van der Waals surface area contributed by atoms with Crippen molar-refractivity contribution in [3.05, 3.63) is 55.0 Å². The van der Waals surface area contributed by atoms with Gasteiger partial charge in [0.15, 0.2) is 5.82 Å². The van der Waals surface area contributed by atoms with Crippen LogP contribution in [-0.2, 0) is 6.42 Å². The van der Waals surface area contributed by atoms with Crippen LogP contribution in [0.1, 0.15) is 18.3 Å². The van der Waals surface area contributed by atoms with E-state index in [2.05, 4.69) is 26.0 Å². The fourth-order valence-corrected chi connectivity index (χ4v) is 3.12. The van der Waals surface area contributed by atoms with Gasteiger partial charge < -0.3 is 0 Å². The highest BCUT2D eigenvalue weighted by molar-refractivity contribution is 9.10. The number of nitrogens with zero attached hydrogens (tertiary/aromatic N) is 3. The van der Waals surface area contributed by atoms with Crippen molar-refractivity contribution in [2.24, 2.45) is 0 Å². The smallest absolute Gasteiger partial charge is 0.266 e. The van der Waals surface area contributed by atoms with E-state index < -0.39 is 0 Å². The minimum absolute atomic E-state index is 0.104. The van der Waals surface area contributed by atoms with Gasteiger partial charge >= 0.3 is 0 Å². The number of thiazole rings is 1. The Morgan fingerprint density at radius 3 is 3.00 bits per heavy atom. The lowest BCUT2D eigenvalue weighted by molar-refractivity contribution is 0.867. The van der Waals surface area contributed by atoms with E-state index in [0.29, 0.717) is 15.3 Å². The molecule has 6 heteroatoms. The summed E-state index contributed by atoms with van der Waals surface area (Å²) in [4.78, 5) is 17.1. The van der Waals surface area contributed by atoms with Gasteiger partial charge in [-0.25, -0.2) is 4.98 Å². The van der Waals surface area contributed by atoms with Crippen molar-refractivity contribution in [3.63, 3.8) is 0 Å². The molecule has 0 bridgehead atoms. The van der Waals surface area contributed by atoms with Gasteiger partial charge in [-0.3, -0.25) is 4.79 Å². The van der Waals surface area contributed by atoms with Gasteiger partial charge in [0.2, 0.25) is 4.96 Å². The summed E-state index contributed by atoms with van der Waals surface area (Å²) in [5.74, 6) is 0.706. The van der Waals surface area contributed by atoms with Crippen LogP contribution in [0.2, 0.25) is 0 Å². The lowest BCUT2D eigenvalue weighted by Crippen LogP contribution is -2.23. The Balaban J connectivity index is 2.18. The summed E-state index contributed by atoms with van der Waals surface area (Å²) in [5, 5.41) is 4.18. The molecule has 0 aliphatic rings. The first-order valence-corrected chi connectivity index (χ1v) is 7.44. The molecule has 0 aliphatic heterocycles. The summed E-state index contributed by atoms with van der Waals surface area (Å²) in [7, 11) is 0. The highest BCUT2D eigenvalue weighted by atomic mass is 79.9. The van der Waals surface area contributed by atoms with Crippen molar-refractivity contribution < 1.29 is 0 Å². The molecule has 3 aromatic rings. The van der Waals surface area contributed by atoms with Crippen LogP contribution in [0.3, 0.4) is 0 Å². The maximum Gasteiger partial charge on any atom is 0.291 e. The zero-order valence-corrected chi connectivity index (χ0v) is 12.5. The third-order valence-electron chi connectivity index (χ3n) is 2.69. The fraction of sp³-hybridized carbons (Fsp3) is 0.154. The van der Waals surface area contributed by atoms with Gasteiger partial charge in [0, 0.05) is 10.9 Å². The van der Waals surface area contributed by atoms with Crippen LogP contribution in [0.25, 0.3) is 11.0 Å². The topological polar surface area (TPSA) is 47.3 Å². The Labute approximate surface area is 121 Å². The molecule has 2 heterocycles. The van der Waals surface area contributed by atoms with Crippen molar-refractivity contribution in [2.75, 3.05) is 0 Å². The molecule has 0 N–H and O–H groups in total. The lowest BCUT2D eigenvalue weighted by atomic mass is 10.2. The van der Waals surface area contributed by atoms with Crippen LogP contribution in [0.15, 0.2) is 33.5 Å². The fourth-order valence-electron chi connectivity index (χ4n) is 1.77. The van der Waals surface area contributed by atoms with E-state index in [1.807, 2.05) is 37.3 Å². The van der Waals surface area contributed by atoms with E-state index in [1.54, 1.807) is 0 Å². The summed E-state index contributed by atoms with van der Waals surface area (Å²) in [6, 6.07) is 7.81. The van der Waals surface area contributed by atoms with Gasteiger partial charge in [-0.2, -0.15) is 4.52 Å². The van der Waals surface area contributed by atoms with E-state index in [-0.39, 0.29) is 5.56 Å². The summed E-state index contributed by atoms with van der Waals surface area (Å²) in [6.45, 7) is 1.97. The molecular weight excluding hydrogens is 326 g/mol. The quantitative estimate of drug-likeness (QED) is 0.719. The molecule has 4 nitrogen and oxygen atoms in total. The van der Waals surface area contributed by atoms with Gasteiger partial charge in [-0.15, -0.1) is 5.10 Å². The van der Waals surface area contributed by atoms with Gasteiger partial charge in [0.1, 0.15) is 0 Å². The summed E-state index contributed by atoms with van der Waals surface area (Å²) < 4.78 is 3.02. The van der Waals surface area contributed by atoms with Gasteiger partial charge in [0.25, 0.3) is 5.56 Å². The van der Waals surface area contributed by atoms with Crippen molar-refractivity contribution >= 4 is 38.3 Å². The molecule has 0 fully saturated rings. The number of hydrogen-bond donors (Lipinski definition) is 0. The molecule has 0 radical (unpaired) electrons. The summed E-state index contributed by atoms with van der Waals surface area (Å²) in [6.07, 6.45) is 2.60. The average molecular weight is 336 g/mol. The molecule has 2 aromatic heterocycles. The molecule has 96 valence electrons. The Morgan fingerprint density at radius 2 is 2.32 bits per heavy atom. The number of fused-ring (bicyclic) bond motifs is 1. The second-order valence-corrected chi connectivity index (χ2v) is 5.97. The molecule has 1 aromatic carbocycles. The predicted molar refractivity (Wildman–Crippen MR) is 79.4 cm³/mol. The van der Waals surface area contributed by atoms with Crippen molar-refractivity contribution in [3.8, 4) is 0 Å². The second-order valence-electron chi connectivity index (χ2n) is 4.05. The predicted octanol–water partition coefficient (Wildman–Crippen LogP) is 2.02. The first kappa shape index (κ1) is 12.5. The lowest BCUT2D eigenvalue weighted by Gasteiger charge is -1.92. The zero-order chi connectivity index (χ0) is 13.4. The van der Waals surface area contributed by atoms with E-state index in [0.717, 1.165) is 16.5 Å². The van der Waals surface area contributed by atoms with E-state index in [9.17, 15) is 4.79 Å². The van der Waals surface area contributed by atoms with Crippen LogP contribution in [-0.4, -0.2) is 14.6 Å². The van der Waals surface area contributed by atoms with Crippen molar-refractivity contribution in [1.82, 2.24) is 14.6 Å². The molecule has 0 saturated heterocycles. The number of rotatable bonds is 2.